The maximum Gasteiger partial charge on any atom is 0.106 e. The molecule has 0 aromatic heterocycles. The van der Waals surface area contributed by atoms with Crippen molar-refractivity contribution in [3.05, 3.63) is 28.8 Å². The molecule has 104 valence electrons. The molecule has 0 saturated heterocycles. The molecule has 2 nitrogen and oxygen atoms in total. The molecule has 0 heterocycles. The van der Waals surface area contributed by atoms with E-state index in [1.54, 1.807) is 0 Å². The number of nitrogens with one attached hydrogen (secondary N) is 1. The van der Waals surface area contributed by atoms with Crippen molar-refractivity contribution in [2.75, 3.05) is 5.32 Å². The van der Waals surface area contributed by atoms with Crippen LogP contribution in [0.2, 0.25) is 5.02 Å². The SMILES string of the molecule is CC1CCCC(Nc2cc(Cl)ccc2C(N)=S)CC1. The van der Waals surface area contributed by atoms with Crippen LogP contribution >= 0.6 is 23.8 Å². The van der Waals surface area contributed by atoms with Crippen molar-refractivity contribution in [1.82, 2.24) is 0 Å². The lowest BCUT2D eigenvalue weighted by molar-refractivity contribution is 0.502. The molecule has 0 bridgehead atoms. The number of benzene rings is 1. The predicted octanol–water partition coefficient (Wildman–Crippen LogP) is 4.35. The van der Waals surface area contributed by atoms with Crippen molar-refractivity contribution < 1.29 is 0 Å². The van der Waals surface area contributed by atoms with Crippen LogP contribution in [0, 0.1) is 5.92 Å². The number of hydrogen-bond acceptors (Lipinski definition) is 2. The van der Waals surface area contributed by atoms with Crippen LogP contribution in [-0.4, -0.2) is 11.0 Å². The van der Waals surface area contributed by atoms with Gasteiger partial charge in [-0.15, -0.1) is 0 Å². The highest BCUT2D eigenvalue weighted by molar-refractivity contribution is 7.80. The summed E-state index contributed by atoms with van der Waals surface area (Å²) >= 11 is 11.2. The molecule has 3 N–H and O–H groups in total. The Morgan fingerprint density at radius 2 is 2.11 bits per heavy atom. The van der Waals surface area contributed by atoms with Gasteiger partial charge < -0.3 is 11.1 Å². The number of thiocarbonyl (C=S) groups is 1. The molecule has 2 rings (SSSR count). The molecule has 0 spiro atoms. The topological polar surface area (TPSA) is 38.0 Å². The maximum atomic E-state index is 6.07. The lowest BCUT2D eigenvalue weighted by Gasteiger charge is -2.20. The van der Waals surface area contributed by atoms with Gasteiger partial charge in [0, 0.05) is 22.3 Å². The number of rotatable bonds is 3. The maximum absolute atomic E-state index is 6.07. The summed E-state index contributed by atoms with van der Waals surface area (Å²) in [5.41, 5.74) is 7.63. The van der Waals surface area contributed by atoms with Crippen LogP contribution in [-0.2, 0) is 0 Å². The first-order valence-electron chi connectivity index (χ1n) is 6.92. The van der Waals surface area contributed by atoms with Crippen LogP contribution in [0.25, 0.3) is 0 Å². The van der Waals surface area contributed by atoms with Gasteiger partial charge in [0.15, 0.2) is 0 Å². The van der Waals surface area contributed by atoms with Crippen LogP contribution in [0.1, 0.15) is 44.6 Å². The van der Waals surface area contributed by atoms with Crippen molar-refractivity contribution in [3.8, 4) is 0 Å². The summed E-state index contributed by atoms with van der Waals surface area (Å²) in [5.74, 6) is 0.834. The molecule has 1 aromatic carbocycles. The van der Waals surface area contributed by atoms with Gasteiger partial charge in [-0.3, -0.25) is 0 Å². The summed E-state index contributed by atoms with van der Waals surface area (Å²) in [7, 11) is 0. The molecule has 1 aromatic rings. The summed E-state index contributed by atoms with van der Waals surface area (Å²) < 4.78 is 0. The van der Waals surface area contributed by atoms with Crippen LogP contribution < -0.4 is 11.1 Å². The molecule has 1 saturated carbocycles. The van der Waals surface area contributed by atoms with E-state index in [9.17, 15) is 0 Å². The van der Waals surface area contributed by atoms with E-state index in [0.29, 0.717) is 16.1 Å². The van der Waals surface area contributed by atoms with Gasteiger partial charge in [-0.05, 0) is 43.4 Å². The third-order valence-corrected chi connectivity index (χ3v) is 4.32. The van der Waals surface area contributed by atoms with Gasteiger partial charge in [0.25, 0.3) is 0 Å². The van der Waals surface area contributed by atoms with Crippen LogP contribution in [0.4, 0.5) is 5.69 Å². The molecule has 19 heavy (non-hydrogen) atoms. The Morgan fingerprint density at radius 1 is 1.32 bits per heavy atom. The zero-order chi connectivity index (χ0) is 13.8. The van der Waals surface area contributed by atoms with E-state index in [4.69, 9.17) is 29.6 Å². The Balaban J connectivity index is 2.13. The van der Waals surface area contributed by atoms with Gasteiger partial charge in [-0.25, -0.2) is 0 Å². The third-order valence-electron chi connectivity index (χ3n) is 3.86. The standard InChI is InChI=1S/C15H21ClN2S/c1-10-3-2-4-12(7-5-10)18-14-9-11(16)6-8-13(14)15(17)19/h6,8-10,12,18H,2-5,7H2,1H3,(H2,17,19). The second-order valence-corrected chi connectivity index (χ2v) is 6.39. The molecular weight excluding hydrogens is 276 g/mol. The number of nitrogens with two attached hydrogens (primary N) is 1. The summed E-state index contributed by atoms with van der Waals surface area (Å²) in [6.07, 6.45) is 6.29. The first-order chi connectivity index (χ1) is 9.06. The van der Waals surface area contributed by atoms with Crippen LogP contribution in [0.15, 0.2) is 18.2 Å². The van der Waals surface area contributed by atoms with E-state index in [1.807, 2.05) is 18.2 Å². The molecule has 1 aliphatic carbocycles. The molecule has 0 amide bonds. The summed E-state index contributed by atoms with van der Waals surface area (Å²) in [6, 6.07) is 6.14. The van der Waals surface area contributed by atoms with E-state index in [2.05, 4.69) is 12.2 Å². The molecule has 4 heteroatoms. The molecule has 1 fully saturated rings. The number of hydrogen-bond donors (Lipinski definition) is 2. The Morgan fingerprint density at radius 3 is 2.84 bits per heavy atom. The van der Waals surface area contributed by atoms with Gasteiger partial charge >= 0.3 is 0 Å². The fraction of sp³-hybridized carbons (Fsp3) is 0.533. The van der Waals surface area contributed by atoms with Gasteiger partial charge in [0.1, 0.15) is 4.99 Å². The van der Waals surface area contributed by atoms with E-state index in [1.165, 1.54) is 32.1 Å². The van der Waals surface area contributed by atoms with Crippen molar-refractivity contribution in [1.29, 1.82) is 0 Å². The minimum Gasteiger partial charge on any atom is -0.389 e. The van der Waals surface area contributed by atoms with Crippen molar-refractivity contribution in [2.24, 2.45) is 11.7 Å². The number of anilines is 1. The lowest BCUT2D eigenvalue weighted by atomic mass is 10.0. The summed E-state index contributed by atoms with van der Waals surface area (Å²) in [5, 5.41) is 4.29. The minimum atomic E-state index is 0.418. The smallest absolute Gasteiger partial charge is 0.106 e. The highest BCUT2D eigenvalue weighted by Gasteiger charge is 2.17. The van der Waals surface area contributed by atoms with Gasteiger partial charge in [0.2, 0.25) is 0 Å². The summed E-state index contributed by atoms with van der Waals surface area (Å²) in [6.45, 7) is 2.34. The van der Waals surface area contributed by atoms with E-state index in [0.717, 1.165) is 17.2 Å². The fourth-order valence-corrected chi connectivity index (χ4v) is 3.05. The Kier molecular flexibility index (Phi) is 5.06. The molecule has 0 radical (unpaired) electrons. The Hall–Kier alpha value is -0.800. The third kappa shape index (κ3) is 4.08. The Labute approximate surface area is 125 Å². The van der Waals surface area contributed by atoms with Crippen molar-refractivity contribution >= 4 is 34.5 Å². The normalized spacial score (nSPS) is 23.7. The van der Waals surface area contributed by atoms with Gasteiger partial charge in [-0.1, -0.05) is 43.6 Å². The molecule has 0 aliphatic heterocycles. The van der Waals surface area contributed by atoms with E-state index >= 15 is 0 Å². The molecular formula is C15H21ClN2S. The van der Waals surface area contributed by atoms with Crippen molar-refractivity contribution in [2.45, 2.75) is 45.1 Å². The predicted molar refractivity (Wildman–Crippen MR) is 87.0 cm³/mol. The monoisotopic (exact) mass is 296 g/mol. The van der Waals surface area contributed by atoms with Crippen molar-refractivity contribution in [3.63, 3.8) is 0 Å². The molecule has 2 atom stereocenters. The second kappa shape index (κ2) is 6.58. The first-order valence-corrected chi connectivity index (χ1v) is 7.71. The lowest BCUT2D eigenvalue weighted by Crippen LogP contribution is -2.21. The average molecular weight is 297 g/mol. The number of halogens is 1. The second-order valence-electron chi connectivity index (χ2n) is 5.51. The zero-order valence-corrected chi connectivity index (χ0v) is 12.9. The van der Waals surface area contributed by atoms with Crippen LogP contribution in [0.5, 0.6) is 0 Å². The largest absolute Gasteiger partial charge is 0.389 e. The molecule has 1 aliphatic rings. The fourth-order valence-electron chi connectivity index (χ4n) is 2.70. The average Bonchev–Trinajstić information content (AvgIpc) is 2.54. The highest BCUT2D eigenvalue weighted by Crippen LogP contribution is 2.27. The molecule has 2 unspecified atom stereocenters. The minimum absolute atomic E-state index is 0.418. The first kappa shape index (κ1) is 14.6. The van der Waals surface area contributed by atoms with E-state index in [-0.39, 0.29) is 0 Å². The summed E-state index contributed by atoms with van der Waals surface area (Å²) in [4.78, 5) is 0.418. The van der Waals surface area contributed by atoms with Gasteiger partial charge in [0.05, 0.1) is 0 Å². The Bertz CT molecular complexity index is 461. The van der Waals surface area contributed by atoms with E-state index < -0.39 is 0 Å². The van der Waals surface area contributed by atoms with Gasteiger partial charge in [-0.2, -0.15) is 0 Å². The van der Waals surface area contributed by atoms with Crippen LogP contribution in [0.3, 0.4) is 0 Å². The zero-order valence-electron chi connectivity index (χ0n) is 11.3. The highest BCUT2D eigenvalue weighted by atomic mass is 35.5. The quantitative estimate of drug-likeness (QED) is 0.643.